The lowest BCUT2D eigenvalue weighted by molar-refractivity contribution is 0.0976. The quantitative estimate of drug-likeness (QED) is 0.376. The van der Waals surface area contributed by atoms with Gasteiger partial charge in [0.15, 0.2) is 5.11 Å². The third-order valence-corrected chi connectivity index (χ3v) is 6.05. The Hall–Kier alpha value is -3.55. The third kappa shape index (κ3) is 4.69. The van der Waals surface area contributed by atoms with Crippen LogP contribution in [0.4, 0.5) is 11.4 Å². The van der Waals surface area contributed by atoms with Gasteiger partial charge in [-0.05, 0) is 66.3 Å². The molecule has 0 radical (unpaired) electrons. The Morgan fingerprint density at radius 3 is 2.41 bits per heavy atom. The van der Waals surface area contributed by atoms with Gasteiger partial charge in [0.2, 0.25) is 0 Å². The summed E-state index contributed by atoms with van der Waals surface area (Å²) >= 11 is 6.57. The van der Waals surface area contributed by atoms with E-state index in [9.17, 15) is 9.59 Å². The average Bonchev–Trinajstić information content (AvgIpc) is 3.35. The number of thiophene rings is 1. The maximum atomic E-state index is 13.3. The smallest absolute Gasteiger partial charge is 0.267 e. The van der Waals surface area contributed by atoms with E-state index >= 15 is 0 Å². The molecule has 2 N–H and O–H groups in total. The van der Waals surface area contributed by atoms with Gasteiger partial charge in [-0.25, -0.2) is 0 Å². The minimum Gasteiger partial charge on any atom is -0.332 e. The van der Waals surface area contributed by atoms with Crippen LogP contribution >= 0.6 is 23.6 Å². The summed E-state index contributed by atoms with van der Waals surface area (Å²) in [5, 5.41) is 9.79. The zero-order valence-corrected chi connectivity index (χ0v) is 19.0. The molecule has 0 unspecified atom stereocenters. The summed E-state index contributed by atoms with van der Waals surface area (Å²) in [6.45, 7) is 2.51. The number of hydrogen-bond acceptors (Lipinski definition) is 4. The second-order valence-electron chi connectivity index (χ2n) is 7.01. The minimum absolute atomic E-state index is 0.0797. The first-order valence-electron chi connectivity index (χ1n) is 10.1. The number of carbonyl (C=O) groups excluding carboxylic acids is 2. The standard InChI is InChI=1S/C25H21N3O2S2/c1-2-28(21-10-5-8-17-7-3-4-9-20(17)21)24(30)18-12-14-19(15-13-18)26-25(31)27-23(29)22-11-6-16-32-22/h3-16H,2H2,1H3,(H2,26,27,29,31). The van der Waals surface area contributed by atoms with Crippen molar-refractivity contribution in [3.8, 4) is 0 Å². The van der Waals surface area contributed by atoms with Crippen LogP contribution in [0.2, 0.25) is 0 Å². The van der Waals surface area contributed by atoms with E-state index in [2.05, 4.69) is 10.6 Å². The molecule has 160 valence electrons. The van der Waals surface area contributed by atoms with Gasteiger partial charge in [-0.3, -0.25) is 14.9 Å². The number of nitrogens with one attached hydrogen (secondary N) is 2. The molecule has 0 fully saturated rings. The van der Waals surface area contributed by atoms with Crippen LogP contribution in [0.3, 0.4) is 0 Å². The van der Waals surface area contributed by atoms with Crippen molar-refractivity contribution in [3.05, 3.63) is 94.7 Å². The molecule has 32 heavy (non-hydrogen) atoms. The fourth-order valence-electron chi connectivity index (χ4n) is 3.45. The molecule has 3 aromatic carbocycles. The molecule has 0 saturated heterocycles. The maximum absolute atomic E-state index is 13.3. The molecule has 0 atom stereocenters. The molecule has 0 aliphatic heterocycles. The fraction of sp³-hybridized carbons (Fsp3) is 0.0800. The number of amides is 2. The molecule has 4 rings (SSSR count). The zero-order chi connectivity index (χ0) is 22.5. The van der Waals surface area contributed by atoms with Gasteiger partial charge >= 0.3 is 0 Å². The highest BCUT2D eigenvalue weighted by molar-refractivity contribution is 7.80. The summed E-state index contributed by atoms with van der Waals surface area (Å²) in [5.41, 5.74) is 2.14. The van der Waals surface area contributed by atoms with Crippen LogP contribution in [0.15, 0.2) is 84.2 Å². The summed E-state index contributed by atoms with van der Waals surface area (Å²) in [6, 6.07) is 24.6. The van der Waals surface area contributed by atoms with Crippen molar-refractivity contribution in [1.29, 1.82) is 0 Å². The lowest BCUT2D eigenvalue weighted by Crippen LogP contribution is -2.33. The summed E-state index contributed by atoms with van der Waals surface area (Å²) in [5.74, 6) is -0.332. The van der Waals surface area contributed by atoms with E-state index in [0.717, 1.165) is 16.5 Å². The maximum Gasteiger partial charge on any atom is 0.267 e. The second kappa shape index (κ2) is 9.72. The van der Waals surface area contributed by atoms with Crippen LogP contribution in [0.1, 0.15) is 27.0 Å². The molecule has 1 aromatic heterocycles. The molecule has 0 aliphatic carbocycles. The normalized spacial score (nSPS) is 10.5. The Kier molecular flexibility index (Phi) is 6.58. The van der Waals surface area contributed by atoms with Gasteiger partial charge < -0.3 is 10.2 Å². The molecule has 7 heteroatoms. The van der Waals surface area contributed by atoms with Gasteiger partial charge in [-0.1, -0.05) is 42.5 Å². The first kappa shape index (κ1) is 21.7. The van der Waals surface area contributed by atoms with Crippen LogP contribution in [-0.4, -0.2) is 23.5 Å². The van der Waals surface area contributed by atoms with Crippen LogP contribution in [0.25, 0.3) is 10.8 Å². The Bertz CT molecular complexity index is 1260. The fourth-order valence-corrected chi connectivity index (χ4v) is 4.28. The SMILES string of the molecule is CCN(C(=O)c1ccc(NC(=S)NC(=O)c2cccs2)cc1)c1cccc2ccccc12. The number of thiocarbonyl (C=S) groups is 1. The topological polar surface area (TPSA) is 61.4 Å². The van der Waals surface area contributed by atoms with E-state index in [1.807, 2.05) is 60.8 Å². The van der Waals surface area contributed by atoms with Gasteiger partial charge in [0.05, 0.1) is 10.6 Å². The molecule has 0 aliphatic rings. The predicted molar refractivity (Wildman–Crippen MR) is 136 cm³/mol. The summed E-state index contributed by atoms with van der Waals surface area (Å²) in [7, 11) is 0. The molecule has 2 amide bonds. The van der Waals surface area contributed by atoms with Crippen molar-refractivity contribution in [3.63, 3.8) is 0 Å². The van der Waals surface area contributed by atoms with Crippen LogP contribution in [-0.2, 0) is 0 Å². The molecular weight excluding hydrogens is 438 g/mol. The van der Waals surface area contributed by atoms with E-state index in [1.54, 1.807) is 35.2 Å². The molecule has 5 nitrogen and oxygen atoms in total. The Morgan fingerprint density at radius 2 is 1.69 bits per heavy atom. The monoisotopic (exact) mass is 459 g/mol. The molecule has 0 bridgehead atoms. The van der Waals surface area contributed by atoms with Crippen molar-refractivity contribution in [2.75, 3.05) is 16.8 Å². The van der Waals surface area contributed by atoms with Crippen LogP contribution < -0.4 is 15.5 Å². The van der Waals surface area contributed by atoms with Gasteiger partial charge in [0.25, 0.3) is 11.8 Å². The molecule has 4 aromatic rings. The number of benzene rings is 3. The number of carbonyl (C=O) groups is 2. The Morgan fingerprint density at radius 1 is 0.938 bits per heavy atom. The van der Waals surface area contributed by atoms with E-state index < -0.39 is 0 Å². The molecular formula is C25H21N3O2S2. The minimum atomic E-state index is -0.252. The number of fused-ring (bicyclic) bond motifs is 1. The van der Waals surface area contributed by atoms with Crippen molar-refractivity contribution in [2.24, 2.45) is 0 Å². The zero-order valence-electron chi connectivity index (χ0n) is 17.4. The first-order valence-corrected chi connectivity index (χ1v) is 11.4. The van der Waals surface area contributed by atoms with Gasteiger partial charge in [0, 0.05) is 23.2 Å². The number of anilines is 2. The number of rotatable bonds is 5. The Labute approximate surface area is 195 Å². The second-order valence-corrected chi connectivity index (χ2v) is 8.37. The van der Waals surface area contributed by atoms with Gasteiger partial charge in [-0.2, -0.15) is 0 Å². The van der Waals surface area contributed by atoms with Crippen LogP contribution in [0.5, 0.6) is 0 Å². The highest BCUT2D eigenvalue weighted by atomic mass is 32.1. The predicted octanol–water partition coefficient (Wildman–Crippen LogP) is 5.69. The lowest BCUT2D eigenvalue weighted by atomic mass is 10.1. The van der Waals surface area contributed by atoms with E-state index in [-0.39, 0.29) is 16.9 Å². The number of hydrogen-bond donors (Lipinski definition) is 2. The highest BCUT2D eigenvalue weighted by Crippen LogP contribution is 2.28. The third-order valence-electron chi connectivity index (χ3n) is 4.98. The first-order chi connectivity index (χ1) is 15.6. The molecule has 0 spiro atoms. The van der Waals surface area contributed by atoms with Crippen molar-refractivity contribution >= 4 is 62.6 Å². The lowest BCUT2D eigenvalue weighted by Gasteiger charge is -2.23. The summed E-state index contributed by atoms with van der Waals surface area (Å²) in [6.07, 6.45) is 0. The van der Waals surface area contributed by atoms with Crippen molar-refractivity contribution in [1.82, 2.24) is 5.32 Å². The van der Waals surface area contributed by atoms with Crippen molar-refractivity contribution in [2.45, 2.75) is 6.92 Å². The van der Waals surface area contributed by atoms with Gasteiger partial charge in [0.1, 0.15) is 0 Å². The Balaban J connectivity index is 1.47. The average molecular weight is 460 g/mol. The molecule has 1 heterocycles. The van der Waals surface area contributed by atoms with E-state index in [4.69, 9.17) is 12.2 Å². The molecule has 0 saturated carbocycles. The highest BCUT2D eigenvalue weighted by Gasteiger charge is 2.18. The largest absolute Gasteiger partial charge is 0.332 e. The number of nitrogens with zero attached hydrogens (tertiary/aromatic N) is 1. The summed E-state index contributed by atoms with van der Waals surface area (Å²) < 4.78 is 0. The van der Waals surface area contributed by atoms with Crippen LogP contribution in [0, 0.1) is 0 Å². The van der Waals surface area contributed by atoms with E-state index in [1.165, 1.54) is 11.3 Å². The van der Waals surface area contributed by atoms with Gasteiger partial charge in [-0.15, -0.1) is 11.3 Å². The van der Waals surface area contributed by atoms with E-state index in [0.29, 0.717) is 22.7 Å². The summed E-state index contributed by atoms with van der Waals surface area (Å²) in [4.78, 5) is 27.7. The van der Waals surface area contributed by atoms with Crippen molar-refractivity contribution < 1.29 is 9.59 Å².